The van der Waals surface area contributed by atoms with E-state index in [0.29, 0.717) is 44.6 Å². The number of pyridine rings is 1. The van der Waals surface area contributed by atoms with Crippen LogP contribution < -0.4 is 10.2 Å². The molecule has 0 amide bonds. The van der Waals surface area contributed by atoms with Gasteiger partial charge in [-0.25, -0.2) is 8.51 Å². The highest BCUT2D eigenvalue weighted by molar-refractivity contribution is 7.63. The first-order valence-corrected chi connectivity index (χ1v) is 10.1. The van der Waals surface area contributed by atoms with Crippen LogP contribution in [0.15, 0.2) is 47.4 Å². The zero-order valence-electron chi connectivity index (χ0n) is 15.1. The molecule has 2 aliphatic heterocycles. The van der Waals surface area contributed by atoms with Gasteiger partial charge in [-0.15, -0.1) is 0 Å². The van der Waals surface area contributed by atoms with E-state index in [-0.39, 0.29) is 23.3 Å². The molecule has 2 aliphatic rings. The van der Waals surface area contributed by atoms with Gasteiger partial charge in [0, 0.05) is 38.1 Å². The van der Waals surface area contributed by atoms with Gasteiger partial charge in [0.25, 0.3) is 0 Å². The Hall–Kier alpha value is -1.96. The lowest BCUT2D eigenvalue weighted by Gasteiger charge is -2.40. The number of hydrogen-bond donors (Lipinski definition) is 1. The second-order valence-corrected chi connectivity index (χ2v) is 7.71. The molecule has 1 saturated heterocycles. The number of rotatable bonds is 5. The minimum absolute atomic E-state index is 0.00983. The molecule has 3 heterocycles. The van der Waals surface area contributed by atoms with Gasteiger partial charge in [0.2, 0.25) is 5.43 Å². The lowest BCUT2D eigenvalue weighted by molar-refractivity contribution is 0.0370. The molecule has 1 fully saturated rings. The molecule has 0 radical (unpaired) electrons. The Bertz CT molecular complexity index is 849. The molecule has 0 spiro atoms. The molecule has 0 saturated carbocycles. The lowest BCUT2D eigenvalue weighted by atomic mass is 9.88. The molecule has 2 aromatic rings. The molecule has 0 aliphatic carbocycles. The van der Waals surface area contributed by atoms with Gasteiger partial charge < -0.3 is 14.0 Å². The van der Waals surface area contributed by atoms with E-state index in [4.69, 9.17) is 9.47 Å². The molecular weight excluding hydrogens is 364 g/mol. The lowest BCUT2D eigenvalue weighted by Crippen LogP contribution is -2.42. The summed E-state index contributed by atoms with van der Waals surface area (Å²) in [6.45, 7) is 3.16. The van der Waals surface area contributed by atoms with Crippen molar-refractivity contribution in [1.29, 1.82) is 0 Å². The highest BCUT2D eigenvalue weighted by Crippen LogP contribution is 2.37. The fourth-order valence-corrected chi connectivity index (χ4v) is 4.55. The number of thiol groups is 1. The summed E-state index contributed by atoms with van der Waals surface area (Å²) >= 11 is 0.00983. The smallest absolute Gasteiger partial charge is 0.223 e. The summed E-state index contributed by atoms with van der Waals surface area (Å²) in [5, 5.41) is 0. The Labute approximate surface area is 162 Å². The Morgan fingerprint density at radius 1 is 1.15 bits per heavy atom. The third-order valence-electron chi connectivity index (χ3n) is 5.38. The van der Waals surface area contributed by atoms with Crippen molar-refractivity contribution in [3.05, 3.63) is 64.1 Å². The largest absolute Gasteiger partial charge is 0.483 e. The van der Waals surface area contributed by atoms with E-state index in [1.165, 1.54) is 0 Å². The number of hydrogen-bond acceptors (Lipinski definition) is 4. The van der Waals surface area contributed by atoms with Crippen molar-refractivity contribution in [3.63, 3.8) is 0 Å². The topological polar surface area (TPSA) is 60.8 Å². The summed E-state index contributed by atoms with van der Waals surface area (Å²) in [5.41, 5.74) is 1.82. The number of fused-ring (bicyclic) bond motifs is 1. The summed E-state index contributed by atoms with van der Waals surface area (Å²) in [4.78, 5) is 12.7. The minimum Gasteiger partial charge on any atom is -0.483 e. The maximum Gasteiger partial charge on any atom is 0.223 e. The quantitative estimate of drug-likeness (QED) is 0.797. The first-order chi connectivity index (χ1) is 13.3. The Morgan fingerprint density at radius 3 is 2.67 bits per heavy atom. The fourth-order valence-electron chi connectivity index (χ4n) is 3.97. The van der Waals surface area contributed by atoms with Gasteiger partial charge in [0.15, 0.2) is 5.75 Å². The predicted molar refractivity (Wildman–Crippen MR) is 104 cm³/mol. The van der Waals surface area contributed by atoms with Crippen molar-refractivity contribution in [1.82, 2.24) is 8.87 Å². The van der Waals surface area contributed by atoms with Crippen molar-refractivity contribution < 1.29 is 13.7 Å². The van der Waals surface area contributed by atoms with E-state index in [9.17, 15) is 9.00 Å². The van der Waals surface area contributed by atoms with Crippen molar-refractivity contribution in [2.24, 2.45) is 5.92 Å². The van der Waals surface area contributed by atoms with Gasteiger partial charge in [0.05, 0.1) is 24.1 Å². The SMILES string of the molecule is O=[SH]N1CCn2cc(OCc3ccccc3)c(=O)cc2C1C1CCOCC1. The molecule has 144 valence electrons. The third-order valence-corrected chi connectivity index (χ3v) is 6.03. The molecule has 1 atom stereocenters. The molecule has 4 rings (SSSR count). The summed E-state index contributed by atoms with van der Waals surface area (Å²) in [7, 11) is 0. The molecular formula is C20H24N2O4S. The van der Waals surface area contributed by atoms with Crippen LogP contribution in [0.5, 0.6) is 5.75 Å². The first-order valence-electron chi connectivity index (χ1n) is 9.35. The van der Waals surface area contributed by atoms with Gasteiger partial charge in [0.1, 0.15) is 6.61 Å². The maximum atomic E-state index is 12.7. The Kier molecular flexibility index (Phi) is 5.71. The second-order valence-electron chi connectivity index (χ2n) is 7.03. The summed E-state index contributed by atoms with van der Waals surface area (Å²) in [6, 6.07) is 11.4. The number of benzene rings is 1. The molecule has 27 heavy (non-hydrogen) atoms. The van der Waals surface area contributed by atoms with Crippen LogP contribution in [-0.2, 0) is 29.7 Å². The molecule has 6 nitrogen and oxygen atoms in total. The number of nitrogens with zero attached hydrogens (tertiary/aromatic N) is 2. The van der Waals surface area contributed by atoms with Crippen molar-refractivity contribution in [3.8, 4) is 5.75 Å². The van der Waals surface area contributed by atoms with Crippen molar-refractivity contribution in [2.75, 3.05) is 19.8 Å². The molecule has 0 N–H and O–H groups in total. The highest BCUT2D eigenvalue weighted by atomic mass is 32.2. The molecule has 1 unspecified atom stereocenters. The van der Waals surface area contributed by atoms with Crippen LogP contribution in [0, 0.1) is 5.92 Å². The van der Waals surface area contributed by atoms with Crippen LogP contribution in [0.25, 0.3) is 0 Å². The zero-order valence-corrected chi connectivity index (χ0v) is 16.0. The van der Waals surface area contributed by atoms with Gasteiger partial charge in [-0.1, -0.05) is 30.3 Å². The van der Waals surface area contributed by atoms with Gasteiger partial charge in [-0.2, -0.15) is 0 Å². The second kappa shape index (κ2) is 8.37. The van der Waals surface area contributed by atoms with Gasteiger partial charge >= 0.3 is 0 Å². The van der Waals surface area contributed by atoms with Crippen LogP contribution in [0.2, 0.25) is 0 Å². The molecule has 1 aromatic heterocycles. The van der Waals surface area contributed by atoms with E-state index in [2.05, 4.69) is 4.57 Å². The van der Waals surface area contributed by atoms with Crippen molar-refractivity contribution in [2.45, 2.75) is 32.0 Å². The highest BCUT2D eigenvalue weighted by Gasteiger charge is 2.35. The van der Waals surface area contributed by atoms with Crippen molar-refractivity contribution >= 4 is 11.9 Å². The van der Waals surface area contributed by atoms with Crippen LogP contribution in [0.1, 0.15) is 30.1 Å². The molecule has 7 heteroatoms. The molecule has 1 aromatic carbocycles. The average Bonchev–Trinajstić information content (AvgIpc) is 2.73. The monoisotopic (exact) mass is 388 g/mol. The summed E-state index contributed by atoms with van der Waals surface area (Å²) in [5.74, 6) is 0.698. The number of aromatic nitrogens is 1. The van der Waals surface area contributed by atoms with Crippen LogP contribution in [-0.4, -0.2) is 32.8 Å². The Balaban J connectivity index is 1.60. The van der Waals surface area contributed by atoms with E-state index in [1.54, 1.807) is 6.07 Å². The summed E-state index contributed by atoms with van der Waals surface area (Å²) < 4.78 is 27.0. The van der Waals surface area contributed by atoms with Crippen LogP contribution in [0.3, 0.4) is 0 Å². The molecule has 0 bridgehead atoms. The maximum absolute atomic E-state index is 12.7. The van der Waals surface area contributed by atoms with Crippen LogP contribution >= 0.6 is 0 Å². The van der Waals surface area contributed by atoms with Gasteiger partial charge in [-0.05, 0) is 24.3 Å². The first kappa shape index (κ1) is 18.4. The van der Waals surface area contributed by atoms with Crippen LogP contribution in [0.4, 0.5) is 0 Å². The number of ether oxygens (including phenoxy) is 2. The van der Waals surface area contributed by atoms with E-state index in [0.717, 1.165) is 24.1 Å². The standard InChI is InChI=1S/C20H24N2O4S/c23-18-12-17-20(16-6-10-25-11-7-16)22(27-24)9-8-21(17)13-19(18)26-14-15-4-2-1-3-5-15/h1-5,12-13,16,20,27H,6-11,14H2. The Morgan fingerprint density at radius 2 is 1.93 bits per heavy atom. The summed E-state index contributed by atoms with van der Waals surface area (Å²) in [6.07, 6.45) is 3.64. The average molecular weight is 388 g/mol. The van der Waals surface area contributed by atoms with Gasteiger partial charge in [-0.3, -0.25) is 4.79 Å². The predicted octanol–water partition coefficient (Wildman–Crippen LogP) is 2.07. The normalized spacial score (nSPS) is 21.0. The van der Waals surface area contributed by atoms with E-state index < -0.39 is 0 Å². The fraction of sp³-hybridized carbons (Fsp3) is 0.450. The van der Waals surface area contributed by atoms with E-state index >= 15 is 0 Å². The third kappa shape index (κ3) is 4.00. The minimum atomic E-state index is -0.126. The van der Waals surface area contributed by atoms with E-state index in [1.807, 2.05) is 40.8 Å². The zero-order chi connectivity index (χ0) is 18.6.